The second-order valence-corrected chi connectivity index (χ2v) is 7.59. The van der Waals surface area contributed by atoms with E-state index in [0.29, 0.717) is 43.1 Å². The minimum Gasteiger partial charge on any atom is -0.496 e. The van der Waals surface area contributed by atoms with Crippen LogP contribution in [0.15, 0.2) is 17.0 Å². The largest absolute Gasteiger partial charge is 0.496 e. The predicted molar refractivity (Wildman–Crippen MR) is 89.9 cm³/mol. The molecule has 0 bridgehead atoms. The van der Waals surface area contributed by atoms with E-state index in [2.05, 4.69) is 0 Å². The van der Waals surface area contributed by atoms with Gasteiger partial charge in [0.2, 0.25) is 15.9 Å². The van der Waals surface area contributed by atoms with Gasteiger partial charge >= 0.3 is 0 Å². The first kappa shape index (κ1) is 18.5. The Hall–Kier alpha value is -1.80. The van der Waals surface area contributed by atoms with E-state index in [1.54, 1.807) is 17.9 Å². The van der Waals surface area contributed by atoms with E-state index in [0.717, 1.165) is 0 Å². The second-order valence-electron chi connectivity index (χ2n) is 5.69. The average molecular weight is 356 g/mol. The molecule has 0 unspecified atom stereocenters. The molecule has 0 saturated carbocycles. The van der Waals surface area contributed by atoms with Gasteiger partial charge in [-0.05, 0) is 25.5 Å². The summed E-state index contributed by atoms with van der Waals surface area (Å²) in [7, 11) is -0.736. The number of ether oxygens (including phenoxy) is 2. The van der Waals surface area contributed by atoms with Crippen LogP contribution in [0, 0.1) is 6.92 Å². The number of methoxy groups -OCH3 is 2. The first-order valence-electron chi connectivity index (χ1n) is 7.80. The summed E-state index contributed by atoms with van der Waals surface area (Å²) in [5.41, 5.74) is 0.640. The molecule has 2 rings (SSSR count). The fourth-order valence-corrected chi connectivity index (χ4v) is 4.60. The standard InChI is InChI=1S/C16H24N2O5S/c1-12-14(22-3)6-7-15(16(12)23-4)24(20,21)18-9-5-8-17(10-11-18)13(2)19/h6-7H,5,8-11H2,1-4H3. The zero-order valence-corrected chi connectivity index (χ0v) is 15.4. The maximum absolute atomic E-state index is 13.0. The Labute approximate surface area is 143 Å². The molecule has 1 heterocycles. The molecule has 0 atom stereocenters. The van der Waals surface area contributed by atoms with Crippen molar-refractivity contribution in [2.75, 3.05) is 40.4 Å². The van der Waals surface area contributed by atoms with E-state index < -0.39 is 10.0 Å². The Bertz CT molecular complexity index is 717. The maximum atomic E-state index is 13.0. The van der Waals surface area contributed by atoms with Crippen molar-refractivity contribution in [1.82, 2.24) is 9.21 Å². The lowest BCUT2D eigenvalue weighted by Crippen LogP contribution is -2.36. The quantitative estimate of drug-likeness (QED) is 0.812. The molecule has 134 valence electrons. The molecule has 0 radical (unpaired) electrons. The van der Waals surface area contributed by atoms with Gasteiger partial charge in [-0.2, -0.15) is 4.31 Å². The molecule has 1 amide bonds. The summed E-state index contributed by atoms with van der Waals surface area (Å²) >= 11 is 0. The topological polar surface area (TPSA) is 76.2 Å². The zero-order chi connectivity index (χ0) is 17.9. The highest BCUT2D eigenvalue weighted by Gasteiger charge is 2.31. The fraction of sp³-hybridized carbons (Fsp3) is 0.562. The van der Waals surface area contributed by atoms with Crippen LogP contribution in [0.1, 0.15) is 18.9 Å². The summed E-state index contributed by atoms with van der Waals surface area (Å²) in [5.74, 6) is 0.832. The van der Waals surface area contributed by atoms with E-state index in [1.807, 2.05) is 0 Å². The normalized spacial score (nSPS) is 16.6. The summed E-state index contributed by atoms with van der Waals surface area (Å²) in [6, 6.07) is 3.14. The minimum absolute atomic E-state index is 0.0351. The number of benzene rings is 1. The summed E-state index contributed by atoms with van der Waals surface area (Å²) in [5, 5.41) is 0. The molecule has 0 N–H and O–H groups in total. The van der Waals surface area contributed by atoms with Crippen LogP contribution < -0.4 is 9.47 Å². The zero-order valence-electron chi connectivity index (χ0n) is 14.5. The summed E-state index contributed by atoms with van der Waals surface area (Å²) < 4.78 is 38.1. The molecule has 1 aromatic rings. The van der Waals surface area contributed by atoms with Crippen molar-refractivity contribution < 1.29 is 22.7 Å². The van der Waals surface area contributed by atoms with Crippen molar-refractivity contribution >= 4 is 15.9 Å². The van der Waals surface area contributed by atoms with Gasteiger partial charge in [0.15, 0.2) is 0 Å². The van der Waals surface area contributed by atoms with Gasteiger partial charge in [-0.15, -0.1) is 0 Å². The number of nitrogens with zero attached hydrogens (tertiary/aromatic N) is 2. The highest BCUT2D eigenvalue weighted by atomic mass is 32.2. The minimum atomic E-state index is -3.71. The van der Waals surface area contributed by atoms with Gasteiger partial charge < -0.3 is 14.4 Å². The lowest BCUT2D eigenvalue weighted by Gasteiger charge is -2.23. The molecule has 0 aromatic heterocycles. The molecular weight excluding hydrogens is 332 g/mol. The van der Waals surface area contributed by atoms with Gasteiger partial charge in [0, 0.05) is 38.7 Å². The Kier molecular flexibility index (Phi) is 5.71. The predicted octanol–water partition coefficient (Wildman–Crippen LogP) is 1.26. The van der Waals surface area contributed by atoms with Crippen molar-refractivity contribution in [3.8, 4) is 11.5 Å². The second kappa shape index (κ2) is 7.40. The molecule has 7 nitrogen and oxygen atoms in total. The molecule has 8 heteroatoms. The number of hydrogen-bond acceptors (Lipinski definition) is 5. The van der Waals surface area contributed by atoms with E-state index in [-0.39, 0.29) is 17.3 Å². The number of rotatable bonds is 4. The Morgan fingerprint density at radius 3 is 2.38 bits per heavy atom. The van der Waals surface area contributed by atoms with Crippen molar-refractivity contribution in [3.63, 3.8) is 0 Å². The lowest BCUT2D eigenvalue weighted by atomic mass is 10.2. The number of sulfonamides is 1. The van der Waals surface area contributed by atoms with E-state index in [9.17, 15) is 13.2 Å². The van der Waals surface area contributed by atoms with Crippen LogP contribution in [-0.4, -0.2) is 63.9 Å². The van der Waals surface area contributed by atoms with Crippen LogP contribution in [0.3, 0.4) is 0 Å². The lowest BCUT2D eigenvalue weighted by molar-refractivity contribution is -0.128. The molecule has 1 saturated heterocycles. The Morgan fingerprint density at radius 1 is 1.08 bits per heavy atom. The smallest absolute Gasteiger partial charge is 0.246 e. The third-order valence-electron chi connectivity index (χ3n) is 4.26. The summed E-state index contributed by atoms with van der Waals surface area (Å²) in [6.07, 6.45) is 0.607. The van der Waals surface area contributed by atoms with Crippen LogP contribution in [0.5, 0.6) is 11.5 Å². The van der Waals surface area contributed by atoms with Gasteiger partial charge in [-0.3, -0.25) is 4.79 Å². The van der Waals surface area contributed by atoms with Gasteiger partial charge in [0.25, 0.3) is 0 Å². The number of amides is 1. The third kappa shape index (κ3) is 3.49. The first-order valence-corrected chi connectivity index (χ1v) is 9.24. The number of carbonyl (C=O) groups is 1. The SMILES string of the molecule is COc1ccc(S(=O)(=O)N2CCCN(C(C)=O)CC2)c(OC)c1C. The van der Waals surface area contributed by atoms with Crippen LogP contribution in [0.4, 0.5) is 0 Å². The van der Waals surface area contributed by atoms with Crippen molar-refractivity contribution in [1.29, 1.82) is 0 Å². The molecule has 0 spiro atoms. The van der Waals surface area contributed by atoms with Crippen molar-refractivity contribution in [2.24, 2.45) is 0 Å². The molecule has 1 fully saturated rings. The molecule has 0 aliphatic carbocycles. The molecule has 1 aliphatic rings. The number of carbonyl (C=O) groups excluding carboxylic acids is 1. The van der Waals surface area contributed by atoms with E-state index in [1.165, 1.54) is 31.5 Å². The monoisotopic (exact) mass is 356 g/mol. The van der Waals surface area contributed by atoms with Gasteiger partial charge in [-0.25, -0.2) is 8.42 Å². The molecule has 1 aromatic carbocycles. The highest BCUT2D eigenvalue weighted by Crippen LogP contribution is 2.35. The maximum Gasteiger partial charge on any atom is 0.246 e. The van der Waals surface area contributed by atoms with Crippen molar-refractivity contribution in [3.05, 3.63) is 17.7 Å². The van der Waals surface area contributed by atoms with Crippen molar-refractivity contribution in [2.45, 2.75) is 25.2 Å². The first-order chi connectivity index (χ1) is 11.3. The molecule has 1 aliphatic heterocycles. The fourth-order valence-electron chi connectivity index (χ4n) is 2.91. The van der Waals surface area contributed by atoms with Crippen LogP contribution >= 0.6 is 0 Å². The molecular formula is C16H24N2O5S. The third-order valence-corrected chi connectivity index (χ3v) is 6.18. The van der Waals surface area contributed by atoms with Gasteiger partial charge in [0.1, 0.15) is 16.4 Å². The summed E-state index contributed by atoms with van der Waals surface area (Å²) in [6.45, 7) is 4.87. The van der Waals surface area contributed by atoms with Crippen LogP contribution in [0.2, 0.25) is 0 Å². The number of hydrogen-bond donors (Lipinski definition) is 0. The van der Waals surface area contributed by atoms with E-state index >= 15 is 0 Å². The summed E-state index contributed by atoms with van der Waals surface area (Å²) in [4.78, 5) is 13.3. The van der Waals surface area contributed by atoms with Gasteiger partial charge in [0.05, 0.1) is 14.2 Å². The van der Waals surface area contributed by atoms with Gasteiger partial charge in [-0.1, -0.05) is 0 Å². The Morgan fingerprint density at radius 2 is 1.79 bits per heavy atom. The van der Waals surface area contributed by atoms with Crippen LogP contribution in [-0.2, 0) is 14.8 Å². The van der Waals surface area contributed by atoms with Crippen LogP contribution in [0.25, 0.3) is 0 Å². The molecule has 24 heavy (non-hydrogen) atoms. The Balaban J connectivity index is 2.37. The average Bonchev–Trinajstić information content (AvgIpc) is 2.81. The highest BCUT2D eigenvalue weighted by molar-refractivity contribution is 7.89. The van der Waals surface area contributed by atoms with E-state index in [4.69, 9.17) is 9.47 Å².